The molecule has 2 N–H and O–H groups in total. The van der Waals surface area contributed by atoms with Crippen LogP contribution in [0.2, 0.25) is 0 Å². The minimum absolute atomic E-state index is 0.00477. The molecule has 86 valence electrons. The van der Waals surface area contributed by atoms with Crippen molar-refractivity contribution in [3.05, 3.63) is 11.6 Å². The second-order valence-corrected chi connectivity index (χ2v) is 4.26. The second kappa shape index (κ2) is 5.91. The van der Waals surface area contributed by atoms with Crippen LogP contribution in [0.25, 0.3) is 0 Å². The summed E-state index contributed by atoms with van der Waals surface area (Å²) in [6.07, 6.45) is 5.25. The number of hydrogen-bond donors (Lipinski definition) is 2. The predicted molar refractivity (Wildman–Crippen MR) is 60.4 cm³/mol. The molecule has 0 aliphatic heterocycles. The van der Waals surface area contributed by atoms with Gasteiger partial charge in [0.15, 0.2) is 0 Å². The zero-order valence-electron chi connectivity index (χ0n) is 9.62. The molecule has 0 saturated heterocycles. The predicted octanol–water partition coefficient (Wildman–Crippen LogP) is 1.48. The zero-order valence-corrected chi connectivity index (χ0v) is 9.62. The number of hydrogen-bond acceptors (Lipinski definition) is 2. The van der Waals surface area contributed by atoms with Gasteiger partial charge >= 0.3 is 0 Å². The Morgan fingerprint density at radius 1 is 1.73 bits per heavy atom. The van der Waals surface area contributed by atoms with Crippen LogP contribution in [-0.4, -0.2) is 24.2 Å². The first-order valence-electron chi connectivity index (χ1n) is 5.78. The number of amides is 1. The molecular formula is C12H21NO2. The molecule has 0 spiro atoms. The SMILES string of the molecule is CCC(C)C1C=C(C(=O)NCCO)CC1. The first-order valence-corrected chi connectivity index (χ1v) is 5.78. The quantitative estimate of drug-likeness (QED) is 0.723. The van der Waals surface area contributed by atoms with E-state index in [0.717, 1.165) is 24.8 Å². The fourth-order valence-corrected chi connectivity index (χ4v) is 1.97. The number of rotatable bonds is 5. The minimum Gasteiger partial charge on any atom is -0.395 e. The number of nitrogens with one attached hydrogen (secondary N) is 1. The maximum absolute atomic E-state index is 11.6. The molecule has 0 aromatic rings. The van der Waals surface area contributed by atoms with Gasteiger partial charge in [-0.2, -0.15) is 0 Å². The van der Waals surface area contributed by atoms with E-state index < -0.39 is 0 Å². The van der Waals surface area contributed by atoms with Gasteiger partial charge in [0.2, 0.25) is 5.91 Å². The van der Waals surface area contributed by atoms with Gasteiger partial charge in [-0.1, -0.05) is 26.3 Å². The molecule has 3 heteroatoms. The molecule has 0 aromatic heterocycles. The summed E-state index contributed by atoms with van der Waals surface area (Å²) in [5.41, 5.74) is 0.897. The van der Waals surface area contributed by atoms with Gasteiger partial charge in [0, 0.05) is 12.1 Å². The Morgan fingerprint density at radius 2 is 2.47 bits per heavy atom. The molecular weight excluding hydrogens is 190 g/mol. The molecule has 1 aliphatic carbocycles. The third kappa shape index (κ3) is 3.34. The number of aliphatic hydroxyl groups excluding tert-OH is 1. The monoisotopic (exact) mass is 211 g/mol. The van der Waals surface area contributed by atoms with Crippen LogP contribution in [0.15, 0.2) is 11.6 Å². The summed E-state index contributed by atoms with van der Waals surface area (Å²) in [5, 5.41) is 11.3. The van der Waals surface area contributed by atoms with Crippen molar-refractivity contribution >= 4 is 5.91 Å². The summed E-state index contributed by atoms with van der Waals surface area (Å²) in [6.45, 7) is 4.77. The zero-order chi connectivity index (χ0) is 11.3. The Morgan fingerprint density at radius 3 is 3.07 bits per heavy atom. The van der Waals surface area contributed by atoms with Crippen LogP contribution in [0.5, 0.6) is 0 Å². The molecule has 1 rings (SSSR count). The van der Waals surface area contributed by atoms with E-state index in [1.165, 1.54) is 0 Å². The summed E-state index contributed by atoms with van der Waals surface area (Å²) < 4.78 is 0. The fraction of sp³-hybridized carbons (Fsp3) is 0.750. The maximum Gasteiger partial charge on any atom is 0.246 e. The van der Waals surface area contributed by atoms with Crippen molar-refractivity contribution in [3.63, 3.8) is 0 Å². The van der Waals surface area contributed by atoms with Crippen LogP contribution in [0, 0.1) is 11.8 Å². The van der Waals surface area contributed by atoms with Crippen molar-refractivity contribution in [3.8, 4) is 0 Å². The molecule has 15 heavy (non-hydrogen) atoms. The topological polar surface area (TPSA) is 49.3 Å². The van der Waals surface area contributed by atoms with Gasteiger partial charge < -0.3 is 10.4 Å². The highest BCUT2D eigenvalue weighted by molar-refractivity contribution is 5.93. The van der Waals surface area contributed by atoms with Gasteiger partial charge in [0.25, 0.3) is 0 Å². The van der Waals surface area contributed by atoms with Gasteiger partial charge in [-0.25, -0.2) is 0 Å². The van der Waals surface area contributed by atoms with Crippen LogP contribution in [0.4, 0.5) is 0 Å². The van der Waals surface area contributed by atoms with Crippen LogP contribution >= 0.6 is 0 Å². The Hall–Kier alpha value is -0.830. The van der Waals surface area contributed by atoms with Gasteiger partial charge in [0.05, 0.1) is 6.61 Å². The highest BCUT2D eigenvalue weighted by Crippen LogP contribution is 2.31. The first kappa shape index (κ1) is 12.2. The van der Waals surface area contributed by atoms with Crippen LogP contribution in [0.3, 0.4) is 0 Å². The van der Waals surface area contributed by atoms with Gasteiger partial charge in [-0.05, 0) is 24.7 Å². The summed E-state index contributed by atoms with van der Waals surface area (Å²) >= 11 is 0. The van der Waals surface area contributed by atoms with Crippen LogP contribution in [0.1, 0.15) is 33.1 Å². The summed E-state index contributed by atoms with van der Waals surface area (Å²) in [5.74, 6) is 1.22. The Labute approximate surface area is 91.6 Å². The number of carbonyl (C=O) groups is 1. The van der Waals surface area contributed by atoms with E-state index in [2.05, 4.69) is 25.2 Å². The highest BCUT2D eigenvalue weighted by atomic mass is 16.3. The van der Waals surface area contributed by atoms with E-state index in [0.29, 0.717) is 18.4 Å². The molecule has 2 unspecified atom stereocenters. The number of aliphatic hydroxyl groups is 1. The van der Waals surface area contributed by atoms with Crippen molar-refractivity contribution in [2.45, 2.75) is 33.1 Å². The average molecular weight is 211 g/mol. The Balaban J connectivity index is 2.47. The fourth-order valence-electron chi connectivity index (χ4n) is 1.97. The third-order valence-electron chi connectivity index (χ3n) is 3.23. The molecule has 0 heterocycles. The highest BCUT2D eigenvalue weighted by Gasteiger charge is 2.23. The smallest absolute Gasteiger partial charge is 0.246 e. The molecule has 0 radical (unpaired) electrons. The summed E-state index contributed by atoms with van der Waals surface area (Å²) in [7, 11) is 0. The van der Waals surface area contributed by atoms with E-state index in [1.54, 1.807) is 0 Å². The lowest BCUT2D eigenvalue weighted by atomic mass is 9.92. The molecule has 3 nitrogen and oxygen atoms in total. The van der Waals surface area contributed by atoms with Crippen molar-refractivity contribution in [2.75, 3.05) is 13.2 Å². The van der Waals surface area contributed by atoms with E-state index in [9.17, 15) is 4.79 Å². The van der Waals surface area contributed by atoms with Crippen molar-refractivity contribution in [1.29, 1.82) is 0 Å². The lowest BCUT2D eigenvalue weighted by Gasteiger charge is -2.13. The maximum atomic E-state index is 11.6. The van der Waals surface area contributed by atoms with Crippen LogP contribution < -0.4 is 5.32 Å². The summed E-state index contributed by atoms with van der Waals surface area (Å²) in [6, 6.07) is 0. The standard InChI is InChI=1S/C12H21NO2/c1-3-9(2)10-4-5-11(8-10)12(15)13-6-7-14/h8-10,14H,3-7H2,1-2H3,(H,13,15). The molecule has 1 amide bonds. The Bertz CT molecular complexity index is 248. The van der Waals surface area contributed by atoms with Crippen molar-refractivity contribution in [1.82, 2.24) is 5.32 Å². The largest absolute Gasteiger partial charge is 0.395 e. The first-order chi connectivity index (χ1) is 7.19. The lowest BCUT2D eigenvalue weighted by Crippen LogP contribution is -2.27. The minimum atomic E-state index is -0.00477. The summed E-state index contributed by atoms with van der Waals surface area (Å²) in [4.78, 5) is 11.6. The van der Waals surface area contributed by atoms with E-state index in [-0.39, 0.29) is 12.5 Å². The number of allylic oxidation sites excluding steroid dienone is 1. The molecule has 0 fully saturated rings. The molecule has 2 atom stereocenters. The second-order valence-electron chi connectivity index (χ2n) is 4.26. The molecule has 1 aliphatic rings. The third-order valence-corrected chi connectivity index (χ3v) is 3.23. The Kier molecular flexibility index (Phi) is 4.82. The van der Waals surface area contributed by atoms with Crippen molar-refractivity contribution < 1.29 is 9.90 Å². The molecule has 0 bridgehead atoms. The lowest BCUT2D eigenvalue weighted by molar-refractivity contribution is -0.117. The molecule has 0 saturated carbocycles. The van der Waals surface area contributed by atoms with Crippen LogP contribution in [-0.2, 0) is 4.79 Å². The normalized spacial score (nSPS) is 22.3. The van der Waals surface area contributed by atoms with Gasteiger partial charge in [0.1, 0.15) is 0 Å². The van der Waals surface area contributed by atoms with Gasteiger partial charge in [-0.3, -0.25) is 4.79 Å². The van der Waals surface area contributed by atoms with Crippen molar-refractivity contribution in [2.24, 2.45) is 11.8 Å². The number of carbonyl (C=O) groups excluding carboxylic acids is 1. The van der Waals surface area contributed by atoms with E-state index in [1.807, 2.05) is 0 Å². The van der Waals surface area contributed by atoms with E-state index >= 15 is 0 Å². The van der Waals surface area contributed by atoms with E-state index in [4.69, 9.17) is 5.11 Å². The van der Waals surface area contributed by atoms with Gasteiger partial charge in [-0.15, -0.1) is 0 Å². The average Bonchev–Trinajstić information content (AvgIpc) is 2.74. The molecule has 0 aromatic carbocycles.